The van der Waals surface area contributed by atoms with Crippen LogP contribution in [0.25, 0.3) is 0 Å². The van der Waals surface area contributed by atoms with E-state index >= 15 is 0 Å². The minimum absolute atomic E-state index is 0.512. The zero-order valence-electron chi connectivity index (χ0n) is 9.52. The molecule has 0 saturated carbocycles. The topological polar surface area (TPSA) is 60.2 Å². The Bertz CT molecular complexity index is 271. The van der Waals surface area contributed by atoms with Crippen molar-refractivity contribution in [2.45, 2.75) is 38.2 Å². The number of hydrogen-bond acceptors (Lipinski definition) is 5. The molecule has 2 heterocycles. The summed E-state index contributed by atoms with van der Waals surface area (Å²) in [6.45, 7) is 2.89. The van der Waals surface area contributed by atoms with Crippen LogP contribution >= 0.6 is 0 Å². The number of rotatable bonds is 7. The van der Waals surface area contributed by atoms with Crippen molar-refractivity contribution in [2.75, 3.05) is 19.7 Å². The molecule has 0 amide bonds. The molecule has 0 spiro atoms. The second-order valence-electron chi connectivity index (χ2n) is 4.11. The molecule has 0 bridgehead atoms. The van der Waals surface area contributed by atoms with E-state index in [1.807, 2.05) is 0 Å². The van der Waals surface area contributed by atoms with E-state index in [4.69, 9.17) is 9.26 Å². The molecule has 1 saturated heterocycles. The van der Waals surface area contributed by atoms with Gasteiger partial charge in [0.05, 0.1) is 6.10 Å². The lowest BCUT2D eigenvalue weighted by atomic mass is 10.1. The first kappa shape index (κ1) is 11.5. The van der Waals surface area contributed by atoms with E-state index in [0.29, 0.717) is 12.0 Å². The largest absolute Gasteiger partial charge is 0.378 e. The Morgan fingerprint density at radius 2 is 2.44 bits per heavy atom. The number of hydrogen-bond donors (Lipinski definition) is 1. The minimum atomic E-state index is 0.512. The Balaban J connectivity index is 1.43. The van der Waals surface area contributed by atoms with Gasteiger partial charge in [-0.05, 0) is 32.2 Å². The smallest absolute Gasteiger partial charge is 0.227 e. The molecule has 90 valence electrons. The van der Waals surface area contributed by atoms with Gasteiger partial charge >= 0.3 is 0 Å². The van der Waals surface area contributed by atoms with Crippen LogP contribution in [0.15, 0.2) is 10.9 Å². The summed E-state index contributed by atoms with van der Waals surface area (Å²) >= 11 is 0. The van der Waals surface area contributed by atoms with Gasteiger partial charge in [-0.25, -0.2) is 0 Å². The lowest BCUT2D eigenvalue weighted by Crippen LogP contribution is -2.20. The van der Waals surface area contributed by atoms with Crippen molar-refractivity contribution in [3.63, 3.8) is 0 Å². The Morgan fingerprint density at radius 3 is 3.19 bits per heavy atom. The van der Waals surface area contributed by atoms with Crippen LogP contribution in [-0.2, 0) is 11.2 Å². The third kappa shape index (κ3) is 3.90. The molecule has 0 aromatic carbocycles. The molecule has 5 nitrogen and oxygen atoms in total. The molecule has 2 rings (SSSR count). The average Bonchev–Trinajstić information content (AvgIpc) is 2.96. The maximum atomic E-state index is 5.56. The molecule has 1 aromatic rings. The van der Waals surface area contributed by atoms with Crippen LogP contribution in [0.2, 0.25) is 0 Å². The van der Waals surface area contributed by atoms with E-state index in [2.05, 4.69) is 15.5 Å². The SMILES string of the molecule is c1noc(CCNCCCC2CCCO2)n1. The fourth-order valence-corrected chi connectivity index (χ4v) is 1.95. The predicted octanol–water partition coefficient (Wildman–Crippen LogP) is 1.16. The number of nitrogens with zero attached hydrogens (tertiary/aromatic N) is 2. The summed E-state index contributed by atoms with van der Waals surface area (Å²) in [5, 5.41) is 6.92. The zero-order valence-corrected chi connectivity index (χ0v) is 9.52. The summed E-state index contributed by atoms with van der Waals surface area (Å²) in [6.07, 6.45) is 7.57. The zero-order chi connectivity index (χ0) is 11.1. The van der Waals surface area contributed by atoms with Crippen molar-refractivity contribution in [2.24, 2.45) is 0 Å². The van der Waals surface area contributed by atoms with Gasteiger partial charge < -0.3 is 14.6 Å². The number of aromatic nitrogens is 2. The van der Waals surface area contributed by atoms with Gasteiger partial charge in [0.15, 0.2) is 6.33 Å². The van der Waals surface area contributed by atoms with Crippen molar-refractivity contribution >= 4 is 0 Å². The van der Waals surface area contributed by atoms with Crippen molar-refractivity contribution in [3.8, 4) is 0 Å². The second kappa shape index (κ2) is 6.60. The summed E-state index contributed by atoms with van der Waals surface area (Å²) < 4.78 is 10.5. The maximum absolute atomic E-state index is 5.56. The van der Waals surface area contributed by atoms with Crippen LogP contribution in [0.1, 0.15) is 31.6 Å². The van der Waals surface area contributed by atoms with Crippen molar-refractivity contribution in [1.82, 2.24) is 15.5 Å². The van der Waals surface area contributed by atoms with E-state index in [-0.39, 0.29) is 0 Å². The minimum Gasteiger partial charge on any atom is -0.378 e. The summed E-state index contributed by atoms with van der Waals surface area (Å²) in [4.78, 5) is 3.96. The van der Waals surface area contributed by atoms with E-state index in [0.717, 1.165) is 26.1 Å². The van der Waals surface area contributed by atoms with E-state index in [1.54, 1.807) is 0 Å². The Hall–Kier alpha value is -0.940. The molecule has 1 aromatic heterocycles. The lowest BCUT2D eigenvalue weighted by molar-refractivity contribution is 0.102. The Kier molecular flexibility index (Phi) is 4.76. The van der Waals surface area contributed by atoms with Gasteiger partial charge in [-0.15, -0.1) is 0 Å². The Morgan fingerprint density at radius 1 is 1.44 bits per heavy atom. The molecule has 0 radical (unpaired) electrons. The quantitative estimate of drug-likeness (QED) is 0.706. The summed E-state index contributed by atoms with van der Waals surface area (Å²) in [7, 11) is 0. The molecule has 1 aliphatic rings. The van der Waals surface area contributed by atoms with Gasteiger partial charge in [0, 0.05) is 19.6 Å². The van der Waals surface area contributed by atoms with Gasteiger partial charge in [-0.3, -0.25) is 0 Å². The number of nitrogens with one attached hydrogen (secondary N) is 1. The molecule has 1 fully saturated rings. The third-order valence-corrected chi connectivity index (χ3v) is 2.83. The standard InChI is InChI=1S/C11H19N3O2/c1(3-10-4-2-8-15-10)6-12-7-5-11-13-9-14-16-11/h9-10,12H,1-8H2. The molecule has 1 aliphatic heterocycles. The van der Waals surface area contributed by atoms with Crippen LogP contribution < -0.4 is 5.32 Å². The van der Waals surface area contributed by atoms with Crippen molar-refractivity contribution in [1.29, 1.82) is 0 Å². The predicted molar refractivity (Wildman–Crippen MR) is 59.1 cm³/mol. The molecule has 16 heavy (non-hydrogen) atoms. The first-order valence-electron chi connectivity index (χ1n) is 6.03. The normalized spacial score (nSPS) is 20.4. The highest BCUT2D eigenvalue weighted by atomic mass is 16.5. The summed E-state index contributed by atoms with van der Waals surface area (Å²) in [5.74, 6) is 0.701. The Labute approximate surface area is 95.6 Å². The highest BCUT2D eigenvalue weighted by molar-refractivity contribution is 4.75. The summed E-state index contributed by atoms with van der Waals surface area (Å²) in [5.41, 5.74) is 0. The van der Waals surface area contributed by atoms with Crippen LogP contribution in [-0.4, -0.2) is 35.9 Å². The van der Waals surface area contributed by atoms with Crippen LogP contribution in [0.3, 0.4) is 0 Å². The first-order chi connectivity index (χ1) is 7.95. The second-order valence-corrected chi connectivity index (χ2v) is 4.11. The molecule has 5 heteroatoms. The van der Waals surface area contributed by atoms with Gasteiger partial charge in [-0.1, -0.05) is 5.16 Å². The van der Waals surface area contributed by atoms with Gasteiger partial charge in [-0.2, -0.15) is 4.98 Å². The fraction of sp³-hybridized carbons (Fsp3) is 0.818. The van der Waals surface area contributed by atoms with Crippen LogP contribution in [0.5, 0.6) is 0 Å². The number of ether oxygens (including phenoxy) is 1. The van der Waals surface area contributed by atoms with E-state index in [1.165, 1.54) is 32.0 Å². The van der Waals surface area contributed by atoms with Gasteiger partial charge in [0.2, 0.25) is 5.89 Å². The highest BCUT2D eigenvalue weighted by Gasteiger charge is 2.14. The van der Waals surface area contributed by atoms with E-state index in [9.17, 15) is 0 Å². The molecule has 1 unspecified atom stereocenters. The lowest BCUT2D eigenvalue weighted by Gasteiger charge is -2.08. The van der Waals surface area contributed by atoms with E-state index < -0.39 is 0 Å². The maximum Gasteiger partial charge on any atom is 0.227 e. The van der Waals surface area contributed by atoms with Gasteiger partial charge in [0.1, 0.15) is 0 Å². The van der Waals surface area contributed by atoms with Crippen molar-refractivity contribution < 1.29 is 9.26 Å². The highest BCUT2D eigenvalue weighted by Crippen LogP contribution is 2.16. The molecular weight excluding hydrogens is 206 g/mol. The third-order valence-electron chi connectivity index (χ3n) is 2.83. The van der Waals surface area contributed by atoms with Gasteiger partial charge in [0.25, 0.3) is 0 Å². The average molecular weight is 225 g/mol. The molecule has 1 atom stereocenters. The fourth-order valence-electron chi connectivity index (χ4n) is 1.95. The monoisotopic (exact) mass is 225 g/mol. The molecule has 0 aliphatic carbocycles. The van der Waals surface area contributed by atoms with Crippen molar-refractivity contribution in [3.05, 3.63) is 12.2 Å². The summed E-state index contributed by atoms with van der Waals surface area (Å²) in [6, 6.07) is 0. The van der Waals surface area contributed by atoms with Crippen LogP contribution in [0.4, 0.5) is 0 Å². The first-order valence-corrected chi connectivity index (χ1v) is 6.03. The molecular formula is C11H19N3O2. The van der Waals surface area contributed by atoms with Crippen LogP contribution in [0, 0.1) is 0 Å². The molecule has 1 N–H and O–H groups in total.